The fourth-order valence-corrected chi connectivity index (χ4v) is 1.78. The van der Waals surface area contributed by atoms with Gasteiger partial charge in [-0.15, -0.1) is 0 Å². The smallest absolute Gasteiger partial charge is 0.0700 e. The average molecular weight is 215 g/mol. The second kappa shape index (κ2) is 6.46. The van der Waals surface area contributed by atoms with E-state index < -0.39 is 0 Å². The summed E-state index contributed by atoms with van der Waals surface area (Å²) in [6.45, 7) is 7.89. The van der Waals surface area contributed by atoms with Crippen molar-refractivity contribution in [2.24, 2.45) is 5.92 Å². The van der Waals surface area contributed by atoms with Crippen molar-refractivity contribution in [3.8, 4) is 0 Å². The molecule has 0 atom stereocenters. The molecule has 0 aromatic carbocycles. The lowest BCUT2D eigenvalue weighted by Gasteiger charge is -2.26. The first-order chi connectivity index (χ1) is 7.17. The standard InChI is InChI=1S/C12H25NO2/c1-12(2,11-5-6-11)13-7-4-8-15-10-9-14-3/h11,13H,4-10H2,1-3H3. The van der Waals surface area contributed by atoms with Crippen molar-refractivity contribution in [3.05, 3.63) is 0 Å². The SMILES string of the molecule is COCCOCCCNC(C)(C)C1CC1. The minimum atomic E-state index is 0.326. The summed E-state index contributed by atoms with van der Waals surface area (Å²) in [6, 6.07) is 0. The fraction of sp³-hybridized carbons (Fsp3) is 1.00. The molecular formula is C12H25NO2. The molecule has 3 nitrogen and oxygen atoms in total. The molecule has 0 amide bonds. The molecule has 1 fully saturated rings. The fourth-order valence-electron chi connectivity index (χ4n) is 1.78. The zero-order valence-corrected chi connectivity index (χ0v) is 10.3. The molecular weight excluding hydrogens is 190 g/mol. The number of hydrogen-bond acceptors (Lipinski definition) is 3. The molecule has 0 aliphatic heterocycles. The highest BCUT2D eigenvalue weighted by molar-refractivity contribution is 4.94. The van der Waals surface area contributed by atoms with Gasteiger partial charge in [0.05, 0.1) is 13.2 Å². The highest BCUT2D eigenvalue weighted by Gasteiger charge is 2.36. The summed E-state index contributed by atoms with van der Waals surface area (Å²) in [5.41, 5.74) is 0.326. The molecule has 0 radical (unpaired) electrons. The van der Waals surface area contributed by atoms with Crippen LogP contribution in [0.3, 0.4) is 0 Å². The van der Waals surface area contributed by atoms with Crippen LogP contribution in [-0.4, -0.2) is 39.0 Å². The zero-order chi connectivity index (χ0) is 11.1. The van der Waals surface area contributed by atoms with E-state index in [1.807, 2.05) is 0 Å². The second-order valence-electron chi connectivity index (χ2n) is 4.88. The van der Waals surface area contributed by atoms with Crippen molar-refractivity contribution in [1.29, 1.82) is 0 Å². The van der Waals surface area contributed by atoms with E-state index in [4.69, 9.17) is 9.47 Å². The van der Waals surface area contributed by atoms with Crippen LogP contribution in [0.15, 0.2) is 0 Å². The van der Waals surface area contributed by atoms with Crippen LogP contribution in [0.4, 0.5) is 0 Å². The average Bonchev–Trinajstić information content (AvgIpc) is 2.99. The van der Waals surface area contributed by atoms with E-state index in [9.17, 15) is 0 Å². The van der Waals surface area contributed by atoms with Crippen molar-refractivity contribution in [3.63, 3.8) is 0 Å². The van der Waals surface area contributed by atoms with Crippen LogP contribution >= 0.6 is 0 Å². The molecule has 0 heterocycles. The molecule has 0 bridgehead atoms. The molecule has 1 saturated carbocycles. The Hall–Kier alpha value is -0.120. The Kier molecular flexibility index (Phi) is 5.58. The predicted octanol–water partition coefficient (Wildman–Crippen LogP) is 1.82. The van der Waals surface area contributed by atoms with Crippen LogP contribution in [0.5, 0.6) is 0 Å². The van der Waals surface area contributed by atoms with Gasteiger partial charge < -0.3 is 14.8 Å². The molecule has 1 aliphatic rings. The molecule has 0 aromatic rings. The molecule has 0 saturated heterocycles. The molecule has 0 unspecified atom stereocenters. The predicted molar refractivity (Wildman–Crippen MR) is 62.1 cm³/mol. The number of rotatable bonds is 9. The Morgan fingerprint density at radius 1 is 1.20 bits per heavy atom. The molecule has 90 valence electrons. The van der Waals surface area contributed by atoms with Crippen LogP contribution in [-0.2, 0) is 9.47 Å². The Balaban J connectivity index is 1.88. The highest BCUT2D eigenvalue weighted by Crippen LogP contribution is 2.38. The molecule has 0 spiro atoms. The van der Waals surface area contributed by atoms with Gasteiger partial charge in [-0.3, -0.25) is 0 Å². The summed E-state index contributed by atoms with van der Waals surface area (Å²) < 4.78 is 10.3. The lowest BCUT2D eigenvalue weighted by atomic mass is 9.99. The van der Waals surface area contributed by atoms with E-state index in [1.165, 1.54) is 12.8 Å². The Morgan fingerprint density at radius 2 is 1.93 bits per heavy atom. The maximum absolute atomic E-state index is 5.40. The summed E-state index contributed by atoms with van der Waals surface area (Å²) in [5, 5.41) is 3.60. The van der Waals surface area contributed by atoms with Gasteiger partial charge in [-0.25, -0.2) is 0 Å². The molecule has 0 aromatic heterocycles. The summed E-state index contributed by atoms with van der Waals surface area (Å²) in [5.74, 6) is 0.895. The molecule has 1 N–H and O–H groups in total. The van der Waals surface area contributed by atoms with E-state index in [-0.39, 0.29) is 0 Å². The molecule has 1 rings (SSSR count). The van der Waals surface area contributed by atoms with E-state index in [0.29, 0.717) is 18.8 Å². The van der Waals surface area contributed by atoms with Crippen molar-refractivity contribution in [1.82, 2.24) is 5.32 Å². The normalized spacial score (nSPS) is 17.0. The molecule has 1 aliphatic carbocycles. The van der Waals surface area contributed by atoms with Crippen molar-refractivity contribution >= 4 is 0 Å². The van der Waals surface area contributed by atoms with Crippen LogP contribution in [0, 0.1) is 5.92 Å². The van der Waals surface area contributed by atoms with Gasteiger partial charge >= 0.3 is 0 Å². The largest absolute Gasteiger partial charge is 0.382 e. The lowest BCUT2D eigenvalue weighted by Crippen LogP contribution is -2.42. The summed E-state index contributed by atoms with van der Waals surface area (Å²) in [7, 11) is 1.70. The van der Waals surface area contributed by atoms with E-state index in [2.05, 4.69) is 19.2 Å². The third kappa shape index (κ3) is 5.50. The monoisotopic (exact) mass is 215 g/mol. The quantitative estimate of drug-likeness (QED) is 0.595. The van der Waals surface area contributed by atoms with Crippen molar-refractivity contribution in [2.45, 2.75) is 38.6 Å². The summed E-state index contributed by atoms with van der Waals surface area (Å²) in [4.78, 5) is 0. The second-order valence-corrected chi connectivity index (χ2v) is 4.88. The van der Waals surface area contributed by atoms with Gasteiger partial charge in [-0.05, 0) is 45.6 Å². The maximum atomic E-state index is 5.40. The molecule has 15 heavy (non-hydrogen) atoms. The van der Waals surface area contributed by atoms with E-state index in [0.717, 1.165) is 25.5 Å². The highest BCUT2D eigenvalue weighted by atomic mass is 16.5. The first-order valence-corrected chi connectivity index (χ1v) is 5.98. The summed E-state index contributed by atoms with van der Waals surface area (Å²) >= 11 is 0. The van der Waals surface area contributed by atoms with Gasteiger partial charge in [0.2, 0.25) is 0 Å². The third-order valence-electron chi connectivity index (χ3n) is 3.08. The van der Waals surface area contributed by atoms with E-state index in [1.54, 1.807) is 7.11 Å². The lowest BCUT2D eigenvalue weighted by molar-refractivity contribution is 0.0687. The van der Waals surface area contributed by atoms with Crippen molar-refractivity contribution < 1.29 is 9.47 Å². The Bertz CT molecular complexity index is 167. The third-order valence-corrected chi connectivity index (χ3v) is 3.08. The minimum absolute atomic E-state index is 0.326. The topological polar surface area (TPSA) is 30.5 Å². The Morgan fingerprint density at radius 3 is 2.53 bits per heavy atom. The molecule has 3 heteroatoms. The first kappa shape index (κ1) is 12.9. The van der Waals surface area contributed by atoms with Gasteiger partial charge in [0.25, 0.3) is 0 Å². The van der Waals surface area contributed by atoms with E-state index >= 15 is 0 Å². The zero-order valence-electron chi connectivity index (χ0n) is 10.3. The van der Waals surface area contributed by atoms with Crippen LogP contribution < -0.4 is 5.32 Å². The van der Waals surface area contributed by atoms with Crippen molar-refractivity contribution in [2.75, 3.05) is 33.5 Å². The first-order valence-electron chi connectivity index (χ1n) is 5.98. The van der Waals surface area contributed by atoms with Gasteiger partial charge in [0.15, 0.2) is 0 Å². The number of nitrogens with one attached hydrogen (secondary N) is 1. The number of hydrogen-bond donors (Lipinski definition) is 1. The summed E-state index contributed by atoms with van der Waals surface area (Å²) in [6.07, 6.45) is 3.87. The number of ether oxygens (including phenoxy) is 2. The van der Waals surface area contributed by atoms with Crippen LogP contribution in [0.25, 0.3) is 0 Å². The minimum Gasteiger partial charge on any atom is -0.382 e. The maximum Gasteiger partial charge on any atom is 0.0700 e. The van der Waals surface area contributed by atoms with Gasteiger partial charge in [0, 0.05) is 19.3 Å². The number of methoxy groups -OCH3 is 1. The van der Waals surface area contributed by atoms with Gasteiger partial charge in [-0.1, -0.05) is 0 Å². The van der Waals surface area contributed by atoms with Crippen LogP contribution in [0.1, 0.15) is 33.1 Å². The van der Waals surface area contributed by atoms with Gasteiger partial charge in [0.1, 0.15) is 0 Å². The Labute approximate surface area is 93.5 Å². The van der Waals surface area contributed by atoms with Crippen LogP contribution in [0.2, 0.25) is 0 Å². The van der Waals surface area contributed by atoms with Gasteiger partial charge in [-0.2, -0.15) is 0 Å².